The second kappa shape index (κ2) is 42.1. The van der Waals surface area contributed by atoms with Gasteiger partial charge in [-0.05, 0) is 57.8 Å². The fourth-order valence-corrected chi connectivity index (χ4v) is 8.75. The van der Waals surface area contributed by atoms with E-state index in [0.29, 0.717) is 6.42 Å². The molecule has 0 aliphatic carbocycles. The van der Waals surface area contributed by atoms with Gasteiger partial charge in [0.15, 0.2) is 12.6 Å². The highest BCUT2D eigenvalue weighted by atomic mass is 16.7. The summed E-state index contributed by atoms with van der Waals surface area (Å²) in [4.78, 5) is 13.2. The van der Waals surface area contributed by atoms with Gasteiger partial charge >= 0.3 is 0 Å². The number of ether oxygens (including phenoxy) is 4. The summed E-state index contributed by atoms with van der Waals surface area (Å²) < 4.78 is 22.7. The van der Waals surface area contributed by atoms with Crippen molar-refractivity contribution in [3.05, 3.63) is 60.8 Å². The summed E-state index contributed by atoms with van der Waals surface area (Å²) in [7, 11) is 0. The van der Waals surface area contributed by atoms with Crippen LogP contribution in [0.25, 0.3) is 0 Å². The summed E-state index contributed by atoms with van der Waals surface area (Å²) >= 11 is 0. The van der Waals surface area contributed by atoms with Crippen molar-refractivity contribution < 1.29 is 64.6 Å². The van der Waals surface area contributed by atoms with Crippen molar-refractivity contribution in [2.24, 2.45) is 0 Å². The minimum absolute atomic E-state index is 0.250. The molecule has 14 heteroatoms. The highest BCUT2D eigenvalue weighted by Gasteiger charge is 2.51. The summed E-state index contributed by atoms with van der Waals surface area (Å²) in [5.41, 5.74) is 0. The van der Waals surface area contributed by atoms with Crippen molar-refractivity contribution in [3.63, 3.8) is 0 Å². The summed E-state index contributed by atoms with van der Waals surface area (Å²) in [5, 5.41) is 86.9. The lowest BCUT2D eigenvalue weighted by molar-refractivity contribution is -0.359. The van der Waals surface area contributed by atoms with Crippen LogP contribution in [0.2, 0.25) is 0 Å². The average Bonchev–Trinajstić information content (AvgIpc) is 3.36. The molecule has 2 aliphatic heterocycles. The van der Waals surface area contributed by atoms with Crippen LogP contribution >= 0.6 is 0 Å². The number of amides is 1. The SMILES string of the molecule is CC/C=C\C/C=C\C/C=C\C/C=C\CCCCCCCCCCC(=O)NC(COC1OC(CO)C(OC2OC(CO)C(O)C(O)C2O)C(O)C1O)C(O)/C=C/CCCCCCCCCCCCCCC. The van der Waals surface area contributed by atoms with Crippen LogP contribution in [-0.4, -0.2) is 140 Å². The molecular formula is C56H99NO13. The fraction of sp³-hybridized carbons (Fsp3) is 0.804. The minimum atomic E-state index is -1.79. The molecule has 2 heterocycles. The molecule has 2 saturated heterocycles. The first kappa shape index (κ1) is 63.8. The van der Waals surface area contributed by atoms with Crippen molar-refractivity contribution in [1.29, 1.82) is 0 Å². The van der Waals surface area contributed by atoms with E-state index in [1.165, 1.54) is 96.3 Å². The van der Waals surface area contributed by atoms with Crippen LogP contribution in [-0.2, 0) is 23.7 Å². The van der Waals surface area contributed by atoms with E-state index >= 15 is 0 Å². The summed E-state index contributed by atoms with van der Waals surface area (Å²) in [6, 6.07) is -0.921. The number of aliphatic hydroxyl groups excluding tert-OH is 8. The highest BCUT2D eigenvalue weighted by molar-refractivity contribution is 5.76. The largest absolute Gasteiger partial charge is 0.394 e. The van der Waals surface area contributed by atoms with Gasteiger partial charge in [0.25, 0.3) is 0 Å². The van der Waals surface area contributed by atoms with E-state index in [4.69, 9.17) is 18.9 Å². The summed E-state index contributed by atoms with van der Waals surface area (Å²) in [6.45, 7) is 2.67. The number of allylic oxidation sites excluding steroid dienone is 9. The quantitative estimate of drug-likeness (QED) is 0.0208. The van der Waals surface area contributed by atoms with Crippen molar-refractivity contribution in [1.82, 2.24) is 5.32 Å². The number of aliphatic hydroxyl groups is 8. The Kier molecular flexibility index (Phi) is 38.4. The Balaban J connectivity index is 1.81. The zero-order valence-electron chi connectivity index (χ0n) is 43.2. The molecule has 0 aromatic heterocycles. The summed E-state index contributed by atoms with van der Waals surface area (Å²) in [6.07, 6.45) is 35.3. The van der Waals surface area contributed by atoms with Crippen LogP contribution < -0.4 is 5.32 Å². The van der Waals surface area contributed by atoms with Crippen molar-refractivity contribution in [2.75, 3.05) is 19.8 Å². The molecule has 12 atom stereocenters. The second-order valence-electron chi connectivity index (χ2n) is 19.3. The molecule has 0 saturated carbocycles. The first-order chi connectivity index (χ1) is 34.1. The van der Waals surface area contributed by atoms with E-state index in [-0.39, 0.29) is 18.9 Å². The third kappa shape index (κ3) is 28.2. The van der Waals surface area contributed by atoms with E-state index in [0.717, 1.165) is 70.6 Å². The number of carbonyl (C=O) groups is 1. The van der Waals surface area contributed by atoms with Gasteiger partial charge in [0, 0.05) is 6.42 Å². The molecule has 406 valence electrons. The Bertz CT molecular complexity index is 1410. The molecule has 70 heavy (non-hydrogen) atoms. The fourth-order valence-electron chi connectivity index (χ4n) is 8.75. The Morgan fingerprint density at radius 2 is 0.986 bits per heavy atom. The number of hydrogen-bond acceptors (Lipinski definition) is 13. The van der Waals surface area contributed by atoms with E-state index in [9.17, 15) is 45.6 Å². The maximum Gasteiger partial charge on any atom is 0.220 e. The van der Waals surface area contributed by atoms with Crippen molar-refractivity contribution in [2.45, 2.75) is 267 Å². The summed E-state index contributed by atoms with van der Waals surface area (Å²) in [5.74, 6) is -0.250. The molecule has 0 aromatic carbocycles. The molecule has 2 fully saturated rings. The van der Waals surface area contributed by atoms with E-state index in [2.05, 4.69) is 67.8 Å². The van der Waals surface area contributed by atoms with Crippen molar-refractivity contribution in [3.8, 4) is 0 Å². The molecule has 0 radical (unpaired) electrons. The monoisotopic (exact) mass is 994 g/mol. The topological polar surface area (TPSA) is 228 Å². The maximum absolute atomic E-state index is 13.2. The average molecular weight is 994 g/mol. The Labute approximate surface area is 422 Å². The maximum atomic E-state index is 13.2. The smallest absolute Gasteiger partial charge is 0.220 e. The van der Waals surface area contributed by atoms with Gasteiger partial charge in [-0.1, -0.05) is 190 Å². The molecule has 0 aromatic rings. The highest BCUT2D eigenvalue weighted by Crippen LogP contribution is 2.30. The lowest BCUT2D eigenvalue weighted by atomic mass is 9.97. The Morgan fingerprint density at radius 3 is 1.51 bits per heavy atom. The van der Waals surface area contributed by atoms with Gasteiger partial charge in [0.05, 0.1) is 32.0 Å². The number of rotatable bonds is 42. The number of carbonyl (C=O) groups excluding carboxylic acids is 1. The normalized spacial score (nSPS) is 26.4. The van der Waals surface area contributed by atoms with Gasteiger partial charge in [-0.3, -0.25) is 4.79 Å². The standard InChI is InChI=1S/C56H99NO13/c1-3-5-7-9-11-13-15-17-19-20-21-22-23-24-26-28-30-32-34-36-38-40-48(61)57-44(45(60)39-37-35-33-31-29-27-25-18-16-14-12-10-8-6-4-2)43-67-55-53(66)51(64)54(47(42-59)69-55)70-56-52(65)50(63)49(62)46(41-58)68-56/h5,7,11,13,17,19,21-22,37,39,44-47,49-56,58-60,62-66H,3-4,6,8-10,12,14-16,18,20,23-36,38,40-43H2,1-2H3,(H,57,61)/b7-5-,13-11-,19-17-,22-21-,39-37+. The van der Waals surface area contributed by atoms with Gasteiger partial charge in [-0.15, -0.1) is 0 Å². The van der Waals surface area contributed by atoms with E-state index in [1.54, 1.807) is 6.08 Å². The lowest BCUT2D eigenvalue weighted by Gasteiger charge is -2.46. The van der Waals surface area contributed by atoms with E-state index < -0.39 is 86.8 Å². The van der Waals surface area contributed by atoms with Gasteiger partial charge in [-0.25, -0.2) is 0 Å². The molecule has 12 unspecified atom stereocenters. The van der Waals surface area contributed by atoms with Crippen LogP contribution in [0, 0.1) is 0 Å². The van der Waals surface area contributed by atoms with Crippen LogP contribution in [0.4, 0.5) is 0 Å². The van der Waals surface area contributed by atoms with Crippen LogP contribution in [0.5, 0.6) is 0 Å². The van der Waals surface area contributed by atoms with Gasteiger partial charge in [-0.2, -0.15) is 0 Å². The van der Waals surface area contributed by atoms with Crippen LogP contribution in [0.3, 0.4) is 0 Å². The molecule has 2 aliphatic rings. The zero-order valence-corrected chi connectivity index (χ0v) is 43.2. The molecule has 14 nitrogen and oxygen atoms in total. The Hall–Kier alpha value is -2.31. The minimum Gasteiger partial charge on any atom is -0.394 e. The second-order valence-corrected chi connectivity index (χ2v) is 19.3. The van der Waals surface area contributed by atoms with Gasteiger partial charge in [0.2, 0.25) is 5.91 Å². The van der Waals surface area contributed by atoms with Gasteiger partial charge < -0.3 is 65.1 Å². The lowest BCUT2D eigenvalue weighted by Crippen LogP contribution is -2.65. The predicted molar refractivity (Wildman–Crippen MR) is 277 cm³/mol. The molecule has 0 bridgehead atoms. The number of nitrogens with one attached hydrogen (secondary N) is 1. The third-order valence-corrected chi connectivity index (χ3v) is 13.2. The van der Waals surface area contributed by atoms with E-state index in [1.807, 2.05) is 6.08 Å². The third-order valence-electron chi connectivity index (χ3n) is 13.2. The molecular weight excluding hydrogens is 895 g/mol. The van der Waals surface area contributed by atoms with Crippen LogP contribution in [0.15, 0.2) is 60.8 Å². The first-order valence-electron chi connectivity index (χ1n) is 27.5. The molecule has 1 amide bonds. The number of unbranched alkanes of at least 4 members (excludes halogenated alkanes) is 21. The zero-order chi connectivity index (χ0) is 51.0. The predicted octanol–water partition coefficient (Wildman–Crippen LogP) is 8.22. The van der Waals surface area contributed by atoms with Gasteiger partial charge in [0.1, 0.15) is 48.8 Å². The van der Waals surface area contributed by atoms with Crippen molar-refractivity contribution >= 4 is 5.91 Å². The number of hydrogen-bond donors (Lipinski definition) is 9. The van der Waals surface area contributed by atoms with Crippen LogP contribution in [0.1, 0.15) is 194 Å². The molecule has 2 rings (SSSR count). The molecule has 0 spiro atoms. The Morgan fingerprint density at radius 1 is 0.529 bits per heavy atom. The molecule has 9 N–H and O–H groups in total. The first-order valence-corrected chi connectivity index (χ1v) is 27.5.